The second kappa shape index (κ2) is 7.09. The molecule has 0 saturated heterocycles. The molecule has 0 heterocycles. The van der Waals surface area contributed by atoms with Crippen molar-refractivity contribution in [3.63, 3.8) is 0 Å². The maximum Gasteiger partial charge on any atom is 0.251 e. The fourth-order valence-electron chi connectivity index (χ4n) is 0.981. The number of nitrogens with one attached hydrogen (secondary N) is 1. The van der Waals surface area contributed by atoms with Gasteiger partial charge in [-0.15, -0.1) is 0 Å². The number of carbonyl (C=O) groups is 1. The third-order valence-corrected chi connectivity index (χ3v) is 2.39. The van der Waals surface area contributed by atoms with Crippen LogP contribution in [0.4, 0.5) is 0 Å². The van der Waals surface area contributed by atoms with Crippen molar-refractivity contribution < 1.29 is 9.53 Å². The molecular formula is C9H18N4O2. The smallest absolute Gasteiger partial charge is 0.251 e. The van der Waals surface area contributed by atoms with E-state index in [2.05, 4.69) is 15.3 Å². The summed E-state index contributed by atoms with van der Waals surface area (Å²) in [6, 6.07) is 0. The zero-order chi connectivity index (χ0) is 11.7. The molecule has 0 aliphatic heterocycles. The van der Waals surface area contributed by atoms with Gasteiger partial charge in [-0.05, 0) is 25.3 Å². The highest BCUT2D eigenvalue weighted by atomic mass is 16.5. The summed E-state index contributed by atoms with van der Waals surface area (Å²) in [6.45, 7) is 4.53. The molecule has 1 atom stereocenters. The van der Waals surface area contributed by atoms with Gasteiger partial charge in [0.05, 0.1) is 0 Å². The molecule has 1 unspecified atom stereocenters. The normalized spacial score (nSPS) is 13.8. The average molecular weight is 214 g/mol. The van der Waals surface area contributed by atoms with Crippen LogP contribution < -0.4 is 5.32 Å². The number of azide groups is 1. The SMILES string of the molecule is CCC(C)(OC)C(=O)NCCCN=[N+]=[N-]. The number of methoxy groups -OCH3 is 1. The van der Waals surface area contributed by atoms with Gasteiger partial charge in [0.15, 0.2) is 0 Å². The lowest BCUT2D eigenvalue weighted by molar-refractivity contribution is -0.141. The monoisotopic (exact) mass is 214 g/mol. The summed E-state index contributed by atoms with van der Waals surface area (Å²) in [5.41, 5.74) is 7.27. The van der Waals surface area contributed by atoms with Crippen LogP contribution in [-0.2, 0) is 9.53 Å². The van der Waals surface area contributed by atoms with Gasteiger partial charge in [0.25, 0.3) is 5.91 Å². The summed E-state index contributed by atoms with van der Waals surface area (Å²) in [7, 11) is 1.52. The van der Waals surface area contributed by atoms with Crippen molar-refractivity contribution in [2.75, 3.05) is 20.2 Å². The Kier molecular flexibility index (Phi) is 6.49. The van der Waals surface area contributed by atoms with Crippen molar-refractivity contribution >= 4 is 5.91 Å². The Hall–Kier alpha value is -1.26. The summed E-state index contributed by atoms with van der Waals surface area (Å²) >= 11 is 0. The molecule has 1 N–H and O–H groups in total. The molecule has 0 bridgehead atoms. The van der Waals surface area contributed by atoms with E-state index in [0.717, 1.165) is 0 Å². The fourth-order valence-corrected chi connectivity index (χ4v) is 0.981. The zero-order valence-corrected chi connectivity index (χ0v) is 9.49. The molecule has 15 heavy (non-hydrogen) atoms. The lowest BCUT2D eigenvalue weighted by atomic mass is 10.0. The van der Waals surface area contributed by atoms with Gasteiger partial charge in [-0.2, -0.15) is 0 Å². The van der Waals surface area contributed by atoms with Crippen LogP contribution in [0.25, 0.3) is 10.4 Å². The summed E-state index contributed by atoms with van der Waals surface area (Å²) < 4.78 is 5.13. The van der Waals surface area contributed by atoms with E-state index in [0.29, 0.717) is 25.9 Å². The van der Waals surface area contributed by atoms with Crippen molar-refractivity contribution in [2.45, 2.75) is 32.3 Å². The Balaban J connectivity index is 3.87. The third kappa shape index (κ3) is 4.67. The van der Waals surface area contributed by atoms with Gasteiger partial charge in [0.2, 0.25) is 0 Å². The van der Waals surface area contributed by atoms with Crippen molar-refractivity contribution in [3.05, 3.63) is 10.4 Å². The molecule has 6 heteroatoms. The number of hydrogen-bond donors (Lipinski definition) is 1. The van der Waals surface area contributed by atoms with Crippen LogP contribution in [-0.4, -0.2) is 31.7 Å². The number of nitrogens with zero attached hydrogens (tertiary/aromatic N) is 3. The van der Waals surface area contributed by atoms with Crippen molar-refractivity contribution in [1.29, 1.82) is 0 Å². The van der Waals surface area contributed by atoms with E-state index < -0.39 is 5.60 Å². The summed E-state index contributed by atoms with van der Waals surface area (Å²) in [5, 5.41) is 6.11. The highest BCUT2D eigenvalue weighted by molar-refractivity contribution is 5.84. The van der Waals surface area contributed by atoms with Crippen LogP contribution in [0.2, 0.25) is 0 Å². The van der Waals surface area contributed by atoms with Gasteiger partial charge in [-0.25, -0.2) is 0 Å². The molecule has 0 spiro atoms. The minimum Gasteiger partial charge on any atom is -0.369 e. The molecule has 0 aromatic heterocycles. The summed E-state index contributed by atoms with van der Waals surface area (Å²) in [5.74, 6) is -0.131. The second-order valence-corrected chi connectivity index (χ2v) is 3.35. The lowest BCUT2D eigenvalue weighted by Gasteiger charge is -2.25. The van der Waals surface area contributed by atoms with E-state index in [9.17, 15) is 4.79 Å². The van der Waals surface area contributed by atoms with Gasteiger partial charge < -0.3 is 10.1 Å². The van der Waals surface area contributed by atoms with Crippen LogP contribution in [0.5, 0.6) is 0 Å². The molecule has 0 aromatic rings. The predicted octanol–water partition coefficient (Wildman–Crippen LogP) is 1.62. The molecule has 1 amide bonds. The highest BCUT2D eigenvalue weighted by Gasteiger charge is 2.30. The number of ether oxygens (including phenoxy) is 1. The molecule has 86 valence electrons. The molecule has 0 radical (unpaired) electrons. The Labute approximate surface area is 89.6 Å². The number of carbonyl (C=O) groups excluding carboxylic acids is 1. The number of hydrogen-bond acceptors (Lipinski definition) is 3. The first-order valence-corrected chi connectivity index (χ1v) is 4.95. The largest absolute Gasteiger partial charge is 0.369 e. The maximum atomic E-state index is 11.6. The van der Waals surface area contributed by atoms with E-state index in [-0.39, 0.29) is 5.91 Å². The number of rotatable bonds is 7. The summed E-state index contributed by atoms with van der Waals surface area (Å²) in [6.07, 6.45) is 1.25. The van der Waals surface area contributed by atoms with Crippen LogP contribution in [0.3, 0.4) is 0 Å². The zero-order valence-electron chi connectivity index (χ0n) is 9.49. The molecule has 0 saturated carbocycles. The first kappa shape index (κ1) is 13.7. The molecule has 0 rings (SSSR count). The topological polar surface area (TPSA) is 87.1 Å². The Morgan fingerprint density at radius 3 is 2.80 bits per heavy atom. The van der Waals surface area contributed by atoms with Gasteiger partial charge in [0, 0.05) is 25.1 Å². The molecule has 0 aromatic carbocycles. The Morgan fingerprint density at radius 2 is 2.33 bits per heavy atom. The molecular weight excluding hydrogens is 196 g/mol. The Morgan fingerprint density at radius 1 is 1.67 bits per heavy atom. The minimum absolute atomic E-state index is 0.131. The van der Waals surface area contributed by atoms with Crippen LogP contribution in [0.1, 0.15) is 26.7 Å². The minimum atomic E-state index is -0.765. The highest BCUT2D eigenvalue weighted by Crippen LogP contribution is 2.13. The quantitative estimate of drug-likeness (QED) is 0.302. The van der Waals surface area contributed by atoms with E-state index in [1.54, 1.807) is 6.92 Å². The first-order chi connectivity index (χ1) is 7.10. The first-order valence-electron chi connectivity index (χ1n) is 4.95. The second-order valence-electron chi connectivity index (χ2n) is 3.35. The van der Waals surface area contributed by atoms with Crippen molar-refractivity contribution in [2.24, 2.45) is 5.11 Å². The van der Waals surface area contributed by atoms with Crippen LogP contribution in [0, 0.1) is 0 Å². The van der Waals surface area contributed by atoms with Crippen LogP contribution >= 0.6 is 0 Å². The van der Waals surface area contributed by atoms with E-state index in [1.807, 2.05) is 6.92 Å². The van der Waals surface area contributed by atoms with Crippen LogP contribution in [0.15, 0.2) is 5.11 Å². The maximum absolute atomic E-state index is 11.6. The summed E-state index contributed by atoms with van der Waals surface area (Å²) in [4.78, 5) is 14.2. The van der Waals surface area contributed by atoms with Crippen molar-refractivity contribution in [1.82, 2.24) is 5.32 Å². The predicted molar refractivity (Wildman–Crippen MR) is 57.3 cm³/mol. The van der Waals surface area contributed by atoms with E-state index in [4.69, 9.17) is 10.3 Å². The lowest BCUT2D eigenvalue weighted by Crippen LogP contribution is -2.45. The standard InChI is InChI=1S/C9H18N4O2/c1-4-9(2,15-3)8(14)11-6-5-7-12-13-10/h4-7H2,1-3H3,(H,11,14). The third-order valence-electron chi connectivity index (χ3n) is 2.39. The fraction of sp³-hybridized carbons (Fsp3) is 0.889. The molecule has 0 fully saturated rings. The average Bonchev–Trinajstić information content (AvgIpc) is 2.27. The molecule has 0 aliphatic carbocycles. The van der Waals surface area contributed by atoms with Gasteiger partial charge >= 0.3 is 0 Å². The van der Waals surface area contributed by atoms with Gasteiger partial charge in [-0.1, -0.05) is 12.0 Å². The number of amides is 1. The van der Waals surface area contributed by atoms with E-state index in [1.165, 1.54) is 7.11 Å². The molecule has 6 nitrogen and oxygen atoms in total. The van der Waals surface area contributed by atoms with E-state index >= 15 is 0 Å². The van der Waals surface area contributed by atoms with Gasteiger partial charge in [-0.3, -0.25) is 4.79 Å². The van der Waals surface area contributed by atoms with Crippen molar-refractivity contribution in [3.8, 4) is 0 Å². The van der Waals surface area contributed by atoms with Gasteiger partial charge in [0.1, 0.15) is 5.60 Å². The molecule has 0 aliphatic rings. The Bertz CT molecular complexity index is 244.